The van der Waals surface area contributed by atoms with Crippen molar-refractivity contribution < 1.29 is 0 Å². The Hall–Kier alpha value is -1.24. The van der Waals surface area contributed by atoms with Gasteiger partial charge in [0, 0.05) is 43.9 Å². The Kier molecular flexibility index (Phi) is 5.50. The maximum atomic E-state index is 5.54. The Morgan fingerprint density at radius 3 is 2.76 bits per heavy atom. The molecular formula is C15H28N6. The molecule has 1 aliphatic heterocycles. The fourth-order valence-corrected chi connectivity index (χ4v) is 2.77. The van der Waals surface area contributed by atoms with Gasteiger partial charge in [0.1, 0.15) is 11.6 Å². The van der Waals surface area contributed by atoms with Gasteiger partial charge in [0.2, 0.25) is 0 Å². The van der Waals surface area contributed by atoms with E-state index in [0.717, 1.165) is 44.0 Å². The van der Waals surface area contributed by atoms with Crippen molar-refractivity contribution in [3.63, 3.8) is 0 Å². The summed E-state index contributed by atoms with van der Waals surface area (Å²) < 4.78 is 0. The van der Waals surface area contributed by atoms with Crippen LogP contribution in [0.3, 0.4) is 0 Å². The van der Waals surface area contributed by atoms with Crippen LogP contribution < -0.4 is 11.3 Å². The quantitative estimate of drug-likeness (QED) is 0.616. The Bertz CT molecular complexity index is 461. The minimum Gasteiger partial charge on any atom is -0.308 e. The lowest BCUT2D eigenvalue weighted by molar-refractivity contribution is 0.113. The zero-order chi connectivity index (χ0) is 15.4. The Morgan fingerprint density at radius 2 is 2.10 bits per heavy atom. The van der Waals surface area contributed by atoms with Gasteiger partial charge in [-0.2, -0.15) is 0 Å². The maximum Gasteiger partial charge on any atom is 0.143 e. The van der Waals surface area contributed by atoms with Crippen LogP contribution in [0.1, 0.15) is 25.4 Å². The summed E-state index contributed by atoms with van der Waals surface area (Å²) in [4.78, 5) is 14.0. The van der Waals surface area contributed by atoms with Crippen molar-refractivity contribution >= 4 is 5.82 Å². The molecule has 1 aromatic heterocycles. The first-order valence-electron chi connectivity index (χ1n) is 7.70. The SMILES string of the molecule is CC(C)Cc1cc(NN)nc(CC2CN(C)CCN2C)n1. The van der Waals surface area contributed by atoms with Crippen LogP contribution >= 0.6 is 0 Å². The molecule has 1 unspecified atom stereocenters. The summed E-state index contributed by atoms with van der Waals surface area (Å²) in [7, 11) is 4.35. The number of hydrazine groups is 1. The Labute approximate surface area is 127 Å². The normalized spacial score (nSPS) is 21.0. The van der Waals surface area contributed by atoms with Crippen molar-refractivity contribution in [1.82, 2.24) is 19.8 Å². The van der Waals surface area contributed by atoms with Gasteiger partial charge in [0.25, 0.3) is 0 Å². The van der Waals surface area contributed by atoms with E-state index in [9.17, 15) is 0 Å². The second kappa shape index (κ2) is 7.15. The number of hydrogen-bond donors (Lipinski definition) is 2. The van der Waals surface area contributed by atoms with Gasteiger partial charge in [0.15, 0.2) is 0 Å². The molecule has 1 saturated heterocycles. The van der Waals surface area contributed by atoms with Crippen LogP contribution in [-0.4, -0.2) is 59.5 Å². The predicted octanol–water partition coefficient (Wildman–Crippen LogP) is 0.749. The van der Waals surface area contributed by atoms with E-state index in [1.165, 1.54) is 0 Å². The topological polar surface area (TPSA) is 70.3 Å². The van der Waals surface area contributed by atoms with Crippen molar-refractivity contribution in [1.29, 1.82) is 0 Å². The first-order valence-corrected chi connectivity index (χ1v) is 7.70. The number of hydrogen-bond acceptors (Lipinski definition) is 6. The van der Waals surface area contributed by atoms with Gasteiger partial charge >= 0.3 is 0 Å². The standard InChI is InChI=1S/C15H28N6/c1-11(2)7-12-8-15(19-16)18-14(17-12)9-13-10-20(3)5-6-21(13)4/h8,11,13H,5-7,9-10,16H2,1-4H3,(H,17,18,19). The fraction of sp³-hybridized carbons (Fsp3) is 0.733. The molecule has 0 bridgehead atoms. The highest BCUT2D eigenvalue weighted by Gasteiger charge is 2.23. The molecule has 0 radical (unpaired) electrons. The maximum absolute atomic E-state index is 5.54. The zero-order valence-electron chi connectivity index (χ0n) is 13.6. The molecule has 0 amide bonds. The van der Waals surface area contributed by atoms with Gasteiger partial charge in [-0.1, -0.05) is 13.8 Å². The van der Waals surface area contributed by atoms with Gasteiger partial charge in [-0.25, -0.2) is 15.8 Å². The van der Waals surface area contributed by atoms with Gasteiger partial charge in [-0.15, -0.1) is 0 Å². The van der Waals surface area contributed by atoms with E-state index in [2.05, 4.69) is 48.2 Å². The number of nitrogens with one attached hydrogen (secondary N) is 1. The van der Waals surface area contributed by atoms with E-state index < -0.39 is 0 Å². The minimum absolute atomic E-state index is 0.462. The molecule has 21 heavy (non-hydrogen) atoms. The summed E-state index contributed by atoms with van der Waals surface area (Å²) in [5, 5.41) is 0. The molecule has 0 aliphatic carbocycles. The summed E-state index contributed by atoms with van der Waals surface area (Å²) in [5.74, 6) is 7.71. The molecule has 0 aromatic carbocycles. The molecule has 118 valence electrons. The highest BCUT2D eigenvalue weighted by Crippen LogP contribution is 2.14. The average molecular weight is 292 g/mol. The van der Waals surface area contributed by atoms with E-state index in [0.29, 0.717) is 17.8 Å². The number of nitrogens with two attached hydrogens (primary N) is 1. The number of aromatic nitrogens is 2. The molecule has 1 atom stereocenters. The Morgan fingerprint density at radius 1 is 1.33 bits per heavy atom. The number of piperazine rings is 1. The molecule has 1 fully saturated rings. The van der Waals surface area contributed by atoms with E-state index >= 15 is 0 Å². The zero-order valence-corrected chi connectivity index (χ0v) is 13.6. The van der Waals surface area contributed by atoms with Crippen molar-refractivity contribution in [2.24, 2.45) is 11.8 Å². The highest BCUT2D eigenvalue weighted by molar-refractivity contribution is 5.34. The minimum atomic E-state index is 0.462. The van der Waals surface area contributed by atoms with Crippen molar-refractivity contribution in [3.05, 3.63) is 17.6 Å². The van der Waals surface area contributed by atoms with E-state index in [1.54, 1.807) is 0 Å². The molecule has 6 heteroatoms. The monoisotopic (exact) mass is 292 g/mol. The number of rotatable bonds is 5. The second-order valence-corrected chi connectivity index (χ2v) is 6.50. The van der Waals surface area contributed by atoms with Gasteiger partial charge in [-0.3, -0.25) is 0 Å². The third kappa shape index (κ3) is 4.62. The highest BCUT2D eigenvalue weighted by atomic mass is 15.3. The molecule has 0 spiro atoms. The van der Waals surface area contributed by atoms with E-state index in [4.69, 9.17) is 10.8 Å². The lowest BCUT2D eigenvalue weighted by atomic mass is 10.1. The average Bonchev–Trinajstić information content (AvgIpc) is 2.42. The lowest BCUT2D eigenvalue weighted by Crippen LogP contribution is -2.51. The summed E-state index contributed by atoms with van der Waals surface area (Å²) in [6.07, 6.45) is 1.81. The second-order valence-electron chi connectivity index (χ2n) is 6.50. The van der Waals surface area contributed by atoms with Crippen LogP contribution in [0.25, 0.3) is 0 Å². The molecular weight excluding hydrogens is 264 g/mol. The number of anilines is 1. The van der Waals surface area contributed by atoms with Gasteiger partial charge in [-0.05, 0) is 26.4 Å². The van der Waals surface area contributed by atoms with E-state index in [1.807, 2.05) is 6.07 Å². The fourth-order valence-electron chi connectivity index (χ4n) is 2.77. The van der Waals surface area contributed by atoms with Crippen molar-refractivity contribution in [2.75, 3.05) is 39.2 Å². The molecule has 1 aliphatic rings. The van der Waals surface area contributed by atoms with Crippen LogP contribution in [0.2, 0.25) is 0 Å². The van der Waals surface area contributed by atoms with Gasteiger partial charge in [0.05, 0.1) is 0 Å². The third-order valence-electron chi connectivity index (χ3n) is 3.99. The summed E-state index contributed by atoms with van der Waals surface area (Å²) >= 11 is 0. The van der Waals surface area contributed by atoms with Crippen LogP contribution in [0, 0.1) is 5.92 Å². The predicted molar refractivity (Wildman–Crippen MR) is 86.0 cm³/mol. The molecule has 0 saturated carbocycles. The molecule has 2 heterocycles. The van der Waals surface area contributed by atoms with Gasteiger partial charge < -0.3 is 15.2 Å². The Balaban J connectivity index is 2.14. The largest absolute Gasteiger partial charge is 0.308 e. The van der Waals surface area contributed by atoms with E-state index in [-0.39, 0.29) is 0 Å². The summed E-state index contributed by atoms with van der Waals surface area (Å²) in [6, 6.07) is 2.41. The van der Waals surface area contributed by atoms with Crippen LogP contribution in [0.4, 0.5) is 5.82 Å². The molecule has 2 rings (SSSR count). The molecule has 3 N–H and O–H groups in total. The molecule has 6 nitrogen and oxygen atoms in total. The van der Waals surface area contributed by atoms with Crippen LogP contribution in [-0.2, 0) is 12.8 Å². The van der Waals surface area contributed by atoms with Crippen LogP contribution in [0.15, 0.2) is 6.07 Å². The number of nitrogen functional groups attached to an aromatic ring is 1. The lowest BCUT2D eigenvalue weighted by Gasteiger charge is -2.37. The van der Waals surface area contributed by atoms with Crippen molar-refractivity contribution in [2.45, 2.75) is 32.7 Å². The summed E-state index contributed by atoms with van der Waals surface area (Å²) in [6.45, 7) is 7.66. The summed E-state index contributed by atoms with van der Waals surface area (Å²) in [5.41, 5.74) is 3.73. The van der Waals surface area contributed by atoms with Crippen LogP contribution in [0.5, 0.6) is 0 Å². The first kappa shape index (κ1) is 16.1. The molecule has 1 aromatic rings. The first-order chi connectivity index (χ1) is 9.97. The number of nitrogens with zero attached hydrogens (tertiary/aromatic N) is 4. The smallest absolute Gasteiger partial charge is 0.143 e. The number of likely N-dealkylation sites (N-methyl/N-ethyl adjacent to an activating group) is 2. The third-order valence-corrected chi connectivity index (χ3v) is 3.99. The van der Waals surface area contributed by atoms with Crippen molar-refractivity contribution in [3.8, 4) is 0 Å².